The van der Waals surface area contributed by atoms with Crippen LogP contribution in [0.5, 0.6) is 5.75 Å². The van der Waals surface area contributed by atoms with Crippen LogP contribution in [0, 0.1) is 0 Å². The van der Waals surface area contributed by atoms with Gasteiger partial charge in [-0.1, -0.05) is 25.5 Å². The van der Waals surface area contributed by atoms with Crippen molar-refractivity contribution in [1.82, 2.24) is 5.32 Å². The highest BCUT2D eigenvalue weighted by molar-refractivity contribution is 5.29. The van der Waals surface area contributed by atoms with Gasteiger partial charge in [-0.25, -0.2) is 0 Å². The first kappa shape index (κ1) is 15.6. The summed E-state index contributed by atoms with van der Waals surface area (Å²) in [6.45, 7) is 2.62. The highest BCUT2D eigenvalue weighted by Crippen LogP contribution is 2.22. The zero-order valence-electron chi connectivity index (χ0n) is 12.6. The molecule has 2 rings (SSSR count). The lowest BCUT2D eigenvalue weighted by molar-refractivity contribution is 0.142. The molecule has 4 heteroatoms. The second kappa shape index (κ2) is 7.86. The van der Waals surface area contributed by atoms with E-state index in [9.17, 15) is 5.11 Å². The third-order valence-electron chi connectivity index (χ3n) is 3.52. The Kier molecular flexibility index (Phi) is 5.84. The standard InChI is InChI=1S/C17H23NO3/c1-3-5-15(13-7-9-14(20-2)10-8-13)18-12-16(19)17-6-4-11-21-17/h4,6-11,15-16,18-19H,3,5,12H2,1-2H3. The van der Waals surface area contributed by atoms with E-state index in [-0.39, 0.29) is 6.04 Å². The van der Waals surface area contributed by atoms with Gasteiger partial charge in [-0.3, -0.25) is 0 Å². The van der Waals surface area contributed by atoms with Gasteiger partial charge in [-0.05, 0) is 36.2 Å². The molecule has 1 heterocycles. The molecule has 2 atom stereocenters. The van der Waals surface area contributed by atoms with Crippen LogP contribution in [0.2, 0.25) is 0 Å². The number of hydrogen-bond donors (Lipinski definition) is 2. The Morgan fingerprint density at radius 1 is 1.24 bits per heavy atom. The topological polar surface area (TPSA) is 54.6 Å². The molecule has 0 saturated heterocycles. The fraction of sp³-hybridized carbons (Fsp3) is 0.412. The summed E-state index contributed by atoms with van der Waals surface area (Å²) in [6, 6.07) is 11.8. The van der Waals surface area contributed by atoms with Crippen LogP contribution in [-0.2, 0) is 0 Å². The van der Waals surface area contributed by atoms with E-state index in [4.69, 9.17) is 9.15 Å². The van der Waals surface area contributed by atoms with Crippen LogP contribution in [-0.4, -0.2) is 18.8 Å². The molecule has 0 amide bonds. The van der Waals surface area contributed by atoms with Crippen molar-refractivity contribution in [2.45, 2.75) is 31.9 Å². The number of nitrogens with one attached hydrogen (secondary N) is 1. The second-order valence-electron chi connectivity index (χ2n) is 5.05. The van der Waals surface area contributed by atoms with Gasteiger partial charge in [0.05, 0.1) is 13.4 Å². The molecule has 1 aromatic carbocycles. The lowest BCUT2D eigenvalue weighted by atomic mass is 10.0. The largest absolute Gasteiger partial charge is 0.497 e. The molecule has 2 aromatic rings. The minimum Gasteiger partial charge on any atom is -0.497 e. The summed E-state index contributed by atoms with van der Waals surface area (Å²) in [6.07, 6.45) is 3.03. The summed E-state index contributed by atoms with van der Waals surface area (Å²) in [4.78, 5) is 0. The summed E-state index contributed by atoms with van der Waals surface area (Å²) in [7, 11) is 1.66. The lowest BCUT2D eigenvalue weighted by Crippen LogP contribution is -2.26. The lowest BCUT2D eigenvalue weighted by Gasteiger charge is -2.20. The van der Waals surface area contributed by atoms with Crippen molar-refractivity contribution in [1.29, 1.82) is 0 Å². The molecular weight excluding hydrogens is 266 g/mol. The SMILES string of the molecule is CCCC(NCC(O)c1ccco1)c1ccc(OC)cc1. The number of aliphatic hydroxyl groups excluding tert-OH is 1. The Morgan fingerprint density at radius 3 is 2.57 bits per heavy atom. The highest BCUT2D eigenvalue weighted by atomic mass is 16.5. The van der Waals surface area contributed by atoms with E-state index in [2.05, 4.69) is 24.4 Å². The Balaban J connectivity index is 1.97. The molecule has 114 valence electrons. The van der Waals surface area contributed by atoms with Crippen molar-refractivity contribution in [3.8, 4) is 5.75 Å². The number of aliphatic hydroxyl groups is 1. The molecule has 2 N–H and O–H groups in total. The Morgan fingerprint density at radius 2 is 2.00 bits per heavy atom. The molecule has 0 spiro atoms. The van der Waals surface area contributed by atoms with Gasteiger partial charge in [0.25, 0.3) is 0 Å². The van der Waals surface area contributed by atoms with Gasteiger partial charge in [-0.15, -0.1) is 0 Å². The van der Waals surface area contributed by atoms with Crippen molar-refractivity contribution in [2.75, 3.05) is 13.7 Å². The molecule has 4 nitrogen and oxygen atoms in total. The number of benzene rings is 1. The number of furan rings is 1. The molecule has 21 heavy (non-hydrogen) atoms. The molecule has 1 aromatic heterocycles. The molecule has 0 fully saturated rings. The van der Waals surface area contributed by atoms with E-state index >= 15 is 0 Å². The van der Waals surface area contributed by atoms with Gasteiger partial charge in [0.2, 0.25) is 0 Å². The third-order valence-corrected chi connectivity index (χ3v) is 3.52. The average molecular weight is 289 g/mol. The molecule has 2 unspecified atom stereocenters. The van der Waals surface area contributed by atoms with E-state index in [1.807, 2.05) is 12.1 Å². The van der Waals surface area contributed by atoms with E-state index in [1.165, 1.54) is 5.56 Å². The number of methoxy groups -OCH3 is 1. The highest BCUT2D eigenvalue weighted by Gasteiger charge is 2.15. The van der Waals surface area contributed by atoms with Crippen LogP contribution in [0.25, 0.3) is 0 Å². The number of hydrogen-bond acceptors (Lipinski definition) is 4. The summed E-state index contributed by atoms with van der Waals surface area (Å²) in [5.41, 5.74) is 1.20. The monoisotopic (exact) mass is 289 g/mol. The van der Waals surface area contributed by atoms with Gasteiger partial charge in [0.1, 0.15) is 17.6 Å². The number of rotatable bonds is 8. The van der Waals surface area contributed by atoms with E-state index in [1.54, 1.807) is 25.5 Å². The molecular formula is C17H23NO3. The van der Waals surface area contributed by atoms with Gasteiger partial charge in [-0.2, -0.15) is 0 Å². The maximum absolute atomic E-state index is 10.1. The smallest absolute Gasteiger partial charge is 0.133 e. The number of ether oxygens (including phenoxy) is 1. The Hall–Kier alpha value is -1.78. The van der Waals surface area contributed by atoms with Crippen molar-refractivity contribution in [3.05, 3.63) is 54.0 Å². The van der Waals surface area contributed by atoms with Crippen LogP contribution >= 0.6 is 0 Å². The maximum atomic E-state index is 10.1. The molecule has 0 aliphatic rings. The molecule has 0 radical (unpaired) electrons. The zero-order chi connectivity index (χ0) is 15.1. The van der Waals surface area contributed by atoms with Gasteiger partial charge < -0.3 is 19.6 Å². The maximum Gasteiger partial charge on any atom is 0.133 e. The van der Waals surface area contributed by atoms with Crippen LogP contribution in [0.4, 0.5) is 0 Å². The van der Waals surface area contributed by atoms with Crippen LogP contribution in [0.1, 0.15) is 43.2 Å². The zero-order valence-corrected chi connectivity index (χ0v) is 12.6. The Bertz CT molecular complexity index is 507. The summed E-state index contributed by atoms with van der Waals surface area (Å²) in [5, 5.41) is 13.5. The first-order chi connectivity index (χ1) is 10.2. The molecule has 0 aliphatic carbocycles. The predicted octanol–water partition coefficient (Wildman–Crippen LogP) is 3.45. The quantitative estimate of drug-likeness (QED) is 0.781. The fourth-order valence-electron chi connectivity index (χ4n) is 2.35. The summed E-state index contributed by atoms with van der Waals surface area (Å²) >= 11 is 0. The summed E-state index contributed by atoms with van der Waals surface area (Å²) < 4.78 is 10.4. The second-order valence-corrected chi connectivity index (χ2v) is 5.05. The van der Waals surface area contributed by atoms with Crippen LogP contribution in [0.3, 0.4) is 0 Å². The molecule has 0 aliphatic heterocycles. The minimum absolute atomic E-state index is 0.213. The average Bonchev–Trinajstić information content (AvgIpc) is 3.06. The predicted molar refractivity (Wildman–Crippen MR) is 82.3 cm³/mol. The first-order valence-corrected chi connectivity index (χ1v) is 7.33. The molecule has 0 bridgehead atoms. The first-order valence-electron chi connectivity index (χ1n) is 7.33. The third kappa shape index (κ3) is 4.34. The van der Waals surface area contributed by atoms with Gasteiger partial charge in [0, 0.05) is 12.6 Å². The van der Waals surface area contributed by atoms with Gasteiger partial charge in [0.15, 0.2) is 0 Å². The van der Waals surface area contributed by atoms with Crippen molar-refractivity contribution in [3.63, 3.8) is 0 Å². The minimum atomic E-state index is -0.627. The normalized spacial score (nSPS) is 13.9. The fourth-order valence-corrected chi connectivity index (χ4v) is 2.35. The van der Waals surface area contributed by atoms with Gasteiger partial charge >= 0.3 is 0 Å². The Labute approximate surface area is 125 Å². The van der Waals surface area contributed by atoms with Crippen LogP contribution < -0.4 is 10.1 Å². The van der Waals surface area contributed by atoms with E-state index in [0.29, 0.717) is 12.3 Å². The van der Waals surface area contributed by atoms with Crippen molar-refractivity contribution < 1.29 is 14.3 Å². The van der Waals surface area contributed by atoms with E-state index in [0.717, 1.165) is 18.6 Å². The summed E-state index contributed by atoms with van der Waals surface area (Å²) in [5.74, 6) is 1.44. The van der Waals surface area contributed by atoms with Crippen molar-refractivity contribution >= 4 is 0 Å². The molecule has 0 saturated carbocycles. The van der Waals surface area contributed by atoms with E-state index < -0.39 is 6.10 Å². The van der Waals surface area contributed by atoms with Crippen LogP contribution in [0.15, 0.2) is 47.1 Å². The van der Waals surface area contributed by atoms with Crippen molar-refractivity contribution in [2.24, 2.45) is 0 Å².